The topological polar surface area (TPSA) is 110 Å². The summed E-state index contributed by atoms with van der Waals surface area (Å²) in [5, 5.41) is 24.3. The number of tetrazole rings is 1. The predicted molar refractivity (Wildman–Crippen MR) is 117 cm³/mol. The highest BCUT2D eigenvalue weighted by Crippen LogP contribution is 2.33. The van der Waals surface area contributed by atoms with Crippen LogP contribution in [0.25, 0.3) is 33.8 Å². The van der Waals surface area contributed by atoms with E-state index in [4.69, 9.17) is 4.98 Å². The zero-order valence-corrected chi connectivity index (χ0v) is 17.1. The Labute approximate surface area is 179 Å². The lowest BCUT2D eigenvalue weighted by molar-refractivity contribution is -0.138. The molecule has 8 nitrogen and oxygen atoms in total. The smallest absolute Gasteiger partial charge is 0.339 e. The number of para-hydroxylation sites is 2. The second kappa shape index (κ2) is 9.22. The average molecular weight is 414 g/mol. The van der Waals surface area contributed by atoms with E-state index in [1.807, 2.05) is 48.5 Å². The van der Waals surface area contributed by atoms with Crippen LogP contribution in [0.2, 0.25) is 0 Å². The van der Waals surface area contributed by atoms with Crippen LogP contribution in [0.4, 0.5) is 0 Å². The van der Waals surface area contributed by atoms with E-state index in [2.05, 4.69) is 39.4 Å². The van der Waals surface area contributed by atoms with Gasteiger partial charge in [0.1, 0.15) is 5.82 Å². The summed E-state index contributed by atoms with van der Waals surface area (Å²) in [5.41, 5.74) is 2.81. The van der Waals surface area contributed by atoms with Gasteiger partial charge in [-0.05, 0) is 23.8 Å². The van der Waals surface area contributed by atoms with Crippen LogP contribution >= 0.6 is 0 Å². The fourth-order valence-electron chi connectivity index (χ4n) is 3.51. The van der Waals surface area contributed by atoms with Crippen LogP contribution in [0, 0.1) is 11.8 Å². The lowest BCUT2D eigenvalue weighted by Gasteiger charge is -2.14. The molecule has 0 spiro atoms. The van der Waals surface area contributed by atoms with Gasteiger partial charge in [0.2, 0.25) is 5.82 Å². The van der Waals surface area contributed by atoms with Gasteiger partial charge in [0.05, 0.1) is 11.0 Å². The molecule has 0 aliphatic heterocycles. The highest BCUT2D eigenvalue weighted by Gasteiger charge is 2.26. The number of nitrogens with one attached hydrogen (secondary N) is 1. The van der Waals surface area contributed by atoms with Crippen LogP contribution in [0.5, 0.6) is 0 Å². The summed E-state index contributed by atoms with van der Waals surface area (Å²) in [4.78, 5) is 17.0. The van der Waals surface area contributed by atoms with Crippen molar-refractivity contribution in [1.29, 1.82) is 0 Å². The number of unbranched alkanes of at least 4 members (excludes halogenated alkanes) is 3. The van der Waals surface area contributed by atoms with E-state index in [9.17, 15) is 9.90 Å². The molecule has 2 aromatic heterocycles. The summed E-state index contributed by atoms with van der Waals surface area (Å²) in [6.45, 7) is 2.12. The molecular weight excluding hydrogens is 392 g/mol. The van der Waals surface area contributed by atoms with Crippen molar-refractivity contribution in [2.24, 2.45) is 0 Å². The number of rotatable bonds is 7. The van der Waals surface area contributed by atoms with Crippen LogP contribution in [0.1, 0.15) is 38.6 Å². The first-order valence-electron chi connectivity index (χ1n) is 10.2. The molecule has 31 heavy (non-hydrogen) atoms. The maximum absolute atomic E-state index is 12.3. The third kappa shape index (κ3) is 4.16. The summed E-state index contributed by atoms with van der Waals surface area (Å²) >= 11 is 0. The van der Waals surface area contributed by atoms with Crippen LogP contribution in [-0.4, -0.2) is 41.3 Å². The van der Waals surface area contributed by atoms with Crippen LogP contribution in [0.3, 0.4) is 0 Å². The van der Waals surface area contributed by atoms with E-state index < -0.39 is 12.0 Å². The third-order valence-corrected chi connectivity index (χ3v) is 4.99. The zero-order valence-electron chi connectivity index (χ0n) is 17.1. The minimum atomic E-state index is -1.07. The molecule has 1 unspecified atom stereocenters. The van der Waals surface area contributed by atoms with Crippen molar-refractivity contribution in [3.05, 3.63) is 48.5 Å². The second-order valence-electron chi connectivity index (χ2n) is 7.09. The van der Waals surface area contributed by atoms with E-state index in [-0.39, 0.29) is 0 Å². The van der Waals surface area contributed by atoms with Gasteiger partial charge >= 0.3 is 5.97 Å². The molecule has 0 radical (unpaired) electrons. The summed E-state index contributed by atoms with van der Waals surface area (Å²) < 4.78 is 1.68. The van der Waals surface area contributed by atoms with Crippen LogP contribution in [0.15, 0.2) is 48.5 Å². The van der Waals surface area contributed by atoms with Crippen LogP contribution < -0.4 is 0 Å². The third-order valence-electron chi connectivity index (χ3n) is 4.99. The normalized spacial score (nSPS) is 11.8. The summed E-state index contributed by atoms with van der Waals surface area (Å²) in [6, 6.07) is 13.9. The van der Waals surface area contributed by atoms with E-state index in [0.717, 1.165) is 19.3 Å². The van der Waals surface area contributed by atoms with Gasteiger partial charge in [-0.25, -0.2) is 9.78 Å². The van der Waals surface area contributed by atoms with Crippen molar-refractivity contribution in [3.8, 4) is 34.6 Å². The molecule has 4 rings (SSSR count). The number of carboxylic acids is 1. The number of nitrogens with zero attached hydrogens (tertiary/aromatic N) is 5. The summed E-state index contributed by atoms with van der Waals surface area (Å²) in [5.74, 6) is 5.90. The van der Waals surface area contributed by atoms with Gasteiger partial charge in [-0.15, -0.1) is 16.1 Å². The molecule has 4 aromatic rings. The standard InChI is InChI=1S/C23H22N6O2/c1-2-3-4-5-6-15-20(23(30)31)29-19-14-10-9-13-18(19)24-22(29)17-12-8-7-11-16(17)21-25-27-28-26-21/h7-14,20H,2-5H2,1H3,(H,30,31)(H,25,26,27,28). The van der Waals surface area contributed by atoms with Crippen molar-refractivity contribution in [3.63, 3.8) is 0 Å². The number of hydrogen-bond donors (Lipinski definition) is 2. The molecule has 0 fully saturated rings. The number of aromatic nitrogens is 6. The van der Waals surface area contributed by atoms with Crippen molar-refractivity contribution in [2.45, 2.75) is 38.6 Å². The lowest BCUT2D eigenvalue weighted by Crippen LogP contribution is -2.18. The molecule has 0 amide bonds. The van der Waals surface area contributed by atoms with Gasteiger partial charge in [0.25, 0.3) is 0 Å². The van der Waals surface area contributed by atoms with Crippen molar-refractivity contribution >= 4 is 17.0 Å². The number of fused-ring (bicyclic) bond motifs is 1. The average Bonchev–Trinajstić information content (AvgIpc) is 3.44. The molecule has 0 bridgehead atoms. The second-order valence-corrected chi connectivity index (χ2v) is 7.09. The molecule has 2 aromatic carbocycles. The predicted octanol–water partition coefficient (Wildman–Crippen LogP) is 4.09. The minimum absolute atomic E-state index is 0.409. The molecule has 156 valence electrons. The summed E-state index contributed by atoms with van der Waals surface area (Å²) in [7, 11) is 0. The largest absolute Gasteiger partial charge is 0.479 e. The Morgan fingerprint density at radius 2 is 1.90 bits per heavy atom. The Morgan fingerprint density at radius 1 is 1.13 bits per heavy atom. The van der Waals surface area contributed by atoms with Crippen LogP contribution in [-0.2, 0) is 4.79 Å². The number of carbonyl (C=O) groups is 1. The first-order valence-corrected chi connectivity index (χ1v) is 10.2. The van der Waals surface area contributed by atoms with Crippen molar-refractivity contribution in [1.82, 2.24) is 30.2 Å². The number of aliphatic carboxylic acids is 1. The number of benzene rings is 2. The van der Waals surface area contributed by atoms with E-state index in [1.54, 1.807) is 4.57 Å². The zero-order chi connectivity index (χ0) is 21.6. The van der Waals surface area contributed by atoms with E-state index in [1.165, 1.54) is 0 Å². The Morgan fingerprint density at radius 3 is 2.65 bits per heavy atom. The number of imidazole rings is 1. The van der Waals surface area contributed by atoms with Crippen molar-refractivity contribution in [2.75, 3.05) is 0 Å². The quantitative estimate of drug-likeness (QED) is 0.348. The maximum atomic E-state index is 12.3. The Kier molecular flexibility index (Phi) is 6.03. The number of aromatic amines is 1. The molecule has 2 N–H and O–H groups in total. The summed E-state index contributed by atoms with van der Waals surface area (Å²) in [6.07, 6.45) is 3.78. The molecule has 1 atom stereocenters. The van der Waals surface area contributed by atoms with Gasteiger partial charge < -0.3 is 5.11 Å². The number of hydrogen-bond acceptors (Lipinski definition) is 5. The maximum Gasteiger partial charge on any atom is 0.339 e. The van der Waals surface area contributed by atoms with Gasteiger partial charge in [-0.3, -0.25) is 4.57 Å². The number of H-pyrrole nitrogens is 1. The van der Waals surface area contributed by atoms with Crippen molar-refractivity contribution < 1.29 is 9.90 Å². The fourth-order valence-corrected chi connectivity index (χ4v) is 3.51. The SMILES string of the molecule is CCCCCC#CC(C(=O)O)n1c(-c2ccccc2-c2nn[nH]n2)nc2ccccc21. The Balaban J connectivity index is 1.89. The molecule has 0 saturated carbocycles. The monoisotopic (exact) mass is 414 g/mol. The minimum Gasteiger partial charge on any atom is -0.479 e. The molecule has 0 aliphatic rings. The molecule has 8 heteroatoms. The fraction of sp³-hybridized carbons (Fsp3) is 0.261. The van der Waals surface area contributed by atoms with Gasteiger partial charge in [-0.2, -0.15) is 5.21 Å². The molecule has 0 saturated heterocycles. The molecule has 0 aliphatic carbocycles. The van der Waals surface area contributed by atoms with Gasteiger partial charge in [0.15, 0.2) is 6.04 Å². The Bertz CT molecular complexity index is 1250. The first-order chi connectivity index (χ1) is 15.2. The first kappa shape index (κ1) is 20.3. The molecule has 2 heterocycles. The van der Waals surface area contributed by atoms with Gasteiger partial charge in [0, 0.05) is 17.5 Å². The van der Waals surface area contributed by atoms with Gasteiger partial charge in [-0.1, -0.05) is 62.1 Å². The number of carboxylic acid groups (broad SMARTS) is 1. The van der Waals surface area contributed by atoms with E-state index in [0.29, 0.717) is 40.2 Å². The Hall–Kier alpha value is -3.99. The van der Waals surface area contributed by atoms with E-state index >= 15 is 0 Å². The molecular formula is C23H22N6O2. The lowest BCUT2D eigenvalue weighted by atomic mass is 10.1. The highest BCUT2D eigenvalue weighted by molar-refractivity contribution is 5.88. The highest BCUT2D eigenvalue weighted by atomic mass is 16.4.